The van der Waals surface area contributed by atoms with Crippen molar-refractivity contribution >= 4 is 5.91 Å². The predicted molar refractivity (Wildman–Crippen MR) is 84.3 cm³/mol. The van der Waals surface area contributed by atoms with Crippen LogP contribution in [0, 0.1) is 0 Å². The second-order valence-corrected chi connectivity index (χ2v) is 7.15. The van der Waals surface area contributed by atoms with E-state index < -0.39 is 5.67 Å². The maximum atomic E-state index is 15.5. The van der Waals surface area contributed by atoms with Gasteiger partial charge in [0, 0.05) is 51.2 Å². The fourth-order valence-electron chi connectivity index (χ4n) is 4.64. The van der Waals surface area contributed by atoms with Crippen LogP contribution in [0.25, 0.3) is 0 Å². The van der Waals surface area contributed by atoms with Crippen molar-refractivity contribution in [3.63, 3.8) is 0 Å². The Bertz CT molecular complexity index is 417. The number of carbonyl (C=O) groups is 1. The highest BCUT2D eigenvalue weighted by Gasteiger charge is 2.49. The molecule has 126 valence electrons. The molecule has 0 aromatic rings. The zero-order chi connectivity index (χ0) is 15.7. The summed E-state index contributed by atoms with van der Waals surface area (Å²) in [6.07, 6.45) is 4.04. The van der Waals surface area contributed by atoms with Crippen molar-refractivity contribution in [3.8, 4) is 0 Å². The number of nitrogens with one attached hydrogen (secondary N) is 1. The summed E-state index contributed by atoms with van der Waals surface area (Å²) < 4.78 is 15.5. The summed E-state index contributed by atoms with van der Waals surface area (Å²) in [4.78, 5) is 16.2. The third-order valence-electron chi connectivity index (χ3n) is 5.56. The molecule has 0 aliphatic carbocycles. The van der Waals surface area contributed by atoms with Crippen LogP contribution < -0.4 is 11.1 Å². The van der Waals surface area contributed by atoms with E-state index in [4.69, 9.17) is 5.73 Å². The molecule has 3 heterocycles. The van der Waals surface area contributed by atoms with E-state index in [2.05, 4.69) is 10.2 Å². The van der Waals surface area contributed by atoms with Gasteiger partial charge in [-0.1, -0.05) is 13.3 Å². The van der Waals surface area contributed by atoms with Crippen LogP contribution in [-0.2, 0) is 4.79 Å². The molecule has 5 nitrogen and oxygen atoms in total. The molecule has 3 fully saturated rings. The first-order valence-corrected chi connectivity index (χ1v) is 8.74. The van der Waals surface area contributed by atoms with E-state index in [1.54, 1.807) is 0 Å². The van der Waals surface area contributed by atoms with Crippen molar-refractivity contribution in [1.29, 1.82) is 0 Å². The van der Waals surface area contributed by atoms with Crippen LogP contribution in [0.1, 0.15) is 39.0 Å². The molecule has 3 aliphatic heterocycles. The van der Waals surface area contributed by atoms with Gasteiger partial charge in [-0.25, -0.2) is 4.39 Å². The van der Waals surface area contributed by atoms with Crippen LogP contribution >= 0.6 is 0 Å². The Balaban J connectivity index is 1.75. The summed E-state index contributed by atoms with van der Waals surface area (Å²) in [7, 11) is 0. The highest BCUT2D eigenvalue weighted by molar-refractivity contribution is 5.77. The Labute approximate surface area is 132 Å². The van der Waals surface area contributed by atoms with E-state index in [9.17, 15) is 4.79 Å². The maximum absolute atomic E-state index is 15.5. The normalized spacial score (nSPS) is 40.6. The second-order valence-electron chi connectivity index (χ2n) is 7.15. The first-order valence-electron chi connectivity index (χ1n) is 8.74. The van der Waals surface area contributed by atoms with Gasteiger partial charge in [0.25, 0.3) is 0 Å². The van der Waals surface area contributed by atoms with Gasteiger partial charge in [0.2, 0.25) is 5.91 Å². The van der Waals surface area contributed by atoms with Gasteiger partial charge in [-0.3, -0.25) is 9.69 Å². The van der Waals surface area contributed by atoms with Crippen molar-refractivity contribution in [2.45, 2.75) is 62.8 Å². The molecule has 0 aromatic heterocycles. The fourth-order valence-corrected chi connectivity index (χ4v) is 4.64. The van der Waals surface area contributed by atoms with E-state index >= 15 is 4.39 Å². The Kier molecular flexibility index (Phi) is 4.71. The molecule has 4 unspecified atom stereocenters. The first-order chi connectivity index (χ1) is 10.5. The van der Waals surface area contributed by atoms with Crippen LogP contribution in [0.3, 0.4) is 0 Å². The Morgan fingerprint density at radius 1 is 1.45 bits per heavy atom. The lowest BCUT2D eigenvalue weighted by Gasteiger charge is -2.52. The molecule has 3 N–H and O–H groups in total. The third kappa shape index (κ3) is 2.88. The fraction of sp³-hybridized carbons (Fsp3) is 0.938. The number of piperidine rings is 2. The number of nitrogens with two attached hydrogens (primary N) is 1. The second kappa shape index (κ2) is 6.42. The molecule has 3 saturated heterocycles. The zero-order valence-electron chi connectivity index (χ0n) is 13.6. The van der Waals surface area contributed by atoms with Crippen molar-refractivity contribution in [2.24, 2.45) is 5.73 Å². The Morgan fingerprint density at radius 3 is 3.05 bits per heavy atom. The summed E-state index contributed by atoms with van der Waals surface area (Å²) in [5.74, 6) is 0.269. The number of rotatable bonds is 3. The summed E-state index contributed by atoms with van der Waals surface area (Å²) in [5, 5.41) is 3.15. The standard InChI is InChI=1S/C16H29FN4O/c1-2-6-16(17)11-19-9-13(18)15(16)20-7-8-21-12(10-20)4-3-5-14(21)22/h12-13,15,19H,2-11,18H2,1H3. The van der Waals surface area contributed by atoms with Gasteiger partial charge in [-0.2, -0.15) is 0 Å². The molecule has 6 heteroatoms. The summed E-state index contributed by atoms with van der Waals surface area (Å²) in [6.45, 7) is 5.33. The van der Waals surface area contributed by atoms with Crippen LogP contribution in [0.5, 0.6) is 0 Å². The van der Waals surface area contributed by atoms with Crippen molar-refractivity contribution in [1.82, 2.24) is 15.1 Å². The van der Waals surface area contributed by atoms with Crippen LogP contribution in [0.4, 0.5) is 4.39 Å². The average molecular weight is 312 g/mol. The number of fused-ring (bicyclic) bond motifs is 1. The minimum Gasteiger partial charge on any atom is -0.337 e. The number of piperazine rings is 1. The number of hydrogen-bond donors (Lipinski definition) is 2. The van der Waals surface area contributed by atoms with E-state index in [1.807, 2.05) is 11.8 Å². The van der Waals surface area contributed by atoms with Gasteiger partial charge in [0.15, 0.2) is 0 Å². The topological polar surface area (TPSA) is 61.6 Å². The quantitative estimate of drug-likeness (QED) is 0.796. The molecular weight excluding hydrogens is 283 g/mol. The van der Waals surface area contributed by atoms with Crippen molar-refractivity contribution in [3.05, 3.63) is 0 Å². The van der Waals surface area contributed by atoms with E-state index in [-0.39, 0.29) is 24.0 Å². The SMILES string of the molecule is CCCC1(F)CNCC(N)C1N1CCN2C(=O)CCCC2C1. The molecule has 22 heavy (non-hydrogen) atoms. The first kappa shape index (κ1) is 16.1. The van der Waals surface area contributed by atoms with Gasteiger partial charge in [0.1, 0.15) is 5.67 Å². The molecule has 3 aliphatic rings. The smallest absolute Gasteiger partial charge is 0.222 e. The van der Waals surface area contributed by atoms with Crippen molar-refractivity contribution in [2.75, 3.05) is 32.7 Å². The lowest BCUT2D eigenvalue weighted by molar-refractivity contribution is -0.141. The predicted octanol–water partition coefficient (Wildman–Crippen LogP) is 0.491. The number of amides is 1. The number of alkyl halides is 1. The largest absolute Gasteiger partial charge is 0.337 e. The van der Waals surface area contributed by atoms with Gasteiger partial charge >= 0.3 is 0 Å². The molecule has 1 amide bonds. The van der Waals surface area contributed by atoms with E-state index in [0.717, 1.165) is 38.9 Å². The molecular formula is C16H29FN4O. The highest BCUT2D eigenvalue weighted by Crippen LogP contribution is 2.33. The number of hydrogen-bond acceptors (Lipinski definition) is 4. The molecule has 0 aromatic carbocycles. The third-order valence-corrected chi connectivity index (χ3v) is 5.56. The average Bonchev–Trinajstić information content (AvgIpc) is 2.47. The zero-order valence-corrected chi connectivity index (χ0v) is 13.6. The maximum Gasteiger partial charge on any atom is 0.222 e. The molecule has 0 radical (unpaired) electrons. The number of nitrogens with zero attached hydrogens (tertiary/aromatic N) is 2. The monoisotopic (exact) mass is 312 g/mol. The number of carbonyl (C=O) groups excluding carboxylic acids is 1. The summed E-state index contributed by atoms with van der Waals surface area (Å²) in [5.41, 5.74) is 5.03. The Morgan fingerprint density at radius 2 is 2.27 bits per heavy atom. The summed E-state index contributed by atoms with van der Waals surface area (Å²) in [6, 6.07) is -0.160. The lowest BCUT2D eigenvalue weighted by Crippen LogP contribution is -2.72. The molecule has 0 saturated carbocycles. The van der Waals surface area contributed by atoms with Gasteiger partial charge in [-0.15, -0.1) is 0 Å². The molecule has 0 spiro atoms. The minimum absolute atomic E-state index is 0.184. The Hall–Kier alpha value is -0.720. The van der Waals surface area contributed by atoms with E-state index in [1.165, 1.54) is 0 Å². The van der Waals surface area contributed by atoms with Crippen LogP contribution in [-0.4, -0.2) is 72.2 Å². The van der Waals surface area contributed by atoms with Gasteiger partial charge in [0.05, 0.1) is 6.04 Å². The molecule has 0 bridgehead atoms. The van der Waals surface area contributed by atoms with Crippen LogP contribution in [0.15, 0.2) is 0 Å². The van der Waals surface area contributed by atoms with Gasteiger partial charge in [-0.05, 0) is 19.3 Å². The lowest BCUT2D eigenvalue weighted by atomic mass is 9.81. The van der Waals surface area contributed by atoms with Crippen LogP contribution in [0.2, 0.25) is 0 Å². The van der Waals surface area contributed by atoms with Gasteiger partial charge < -0.3 is 16.0 Å². The highest BCUT2D eigenvalue weighted by atomic mass is 19.1. The molecule has 4 atom stereocenters. The summed E-state index contributed by atoms with van der Waals surface area (Å²) >= 11 is 0. The molecule has 3 rings (SSSR count). The van der Waals surface area contributed by atoms with E-state index in [0.29, 0.717) is 25.9 Å². The van der Waals surface area contributed by atoms with Crippen molar-refractivity contribution < 1.29 is 9.18 Å². The number of halogens is 1. The minimum atomic E-state index is -1.26.